The van der Waals surface area contributed by atoms with Gasteiger partial charge < -0.3 is 10.0 Å². The topological polar surface area (TPSA) is 40.5 Å². The molecule has 3 nitrogen and oxygen atoms in total. The van der Waals surface area contributed by atoms with Gasteiger partial charge in [-0.2, -0.15) is 0 Å². The highest BCUT2D eigenvalue weighted by Crippen LogP contribution is 2.39. The molecular weight excluding hydrogens is 202 g/mol. The summed E-state index contributed by atoms with van der Waals surface area (Å²) in [5.41, 5.74) is 0. The van der Waals surface area contributed by atoms with Crippen LogP contribution >= 0.6 is 0 Å². The molecule has 0 radical (unpaired) electrons. The van der Waals surface area contributed by atoms with E-state index in [0.717, 1.165) is 32.4 Å². The predicted octanol–water partition coefficient (Wildman–Crippen LogP) is 1.41. The summed E-state index contributed by atoms with van der Waals surface area (Å²) >= 11 is 0. The molecule has 3 fully saturated rings. The zero-order valence-corrected chi connectivity index (χ0v) is 9.77. The van der Waals surface area contributed by atoms with Gasteiger partial charge in [0.1, 0.15) is 0 Å². The van der Waals surface area contributed by atoms with Crippen LogP contribution in [-0.2, 0) is 4.79 Å². The SMILES string of the molecule is O=C(CC1CCC1)N1CC2CCC(O)C2C1. The molecule has 0 aromatic carbocycles. The van der Waals surface area contributed by atoms with E-state index >= 15 is 0 Å². The van der Waals surface area contributed by atoms with E-state index in [1.165, 1.54) is 19.3 Å². The van der Waals surface area contributed by atoms with E-state index in [1.807, 2.05) is 4.90 Å². The minimum absolute atomic E-state index is 0.147. The van der Waals surface area contributed by atoms with E-state index in [-0.39, 0.29) is 6.10 Å². The summed E-state index contributed by atoms with van der Waals surface area (Å²) in [5.74, 6) is 1.97. The highest BCUT2D eigenvalue weighted by atomic mass is 16.3. The number of hydrogen-bond donors (Lipinski definition) is 1. The summed E-state index contributed by atoms with van der Waals surface area (Å²) < 4.78 is 0. The highest BCUT2D eigenvalue weighted by Gasteiger charge is 2.43. The normalized spacial score (nSPS) is 38.6. The maximum Gasteiger partial charge on any atom is 0.222 e. The summed E-state index contributed by atoms with van der Waals surface area (Å²) in [5, 5.41) is 9.80. The summed E-state index contributed by atoms with van der Waals surface area (Å²) in [7, 11) is 0. The summed E-state index contributed by atoms with van der Waals surface area (Å²) in [4.78, 5) is 14.0. The maximum atomic E-state index is 12.0. The van der Waals surface area contributed by atoms with Crippen LogP contribution in [0.5, 0.6) is 0 Å². The third kappa shape index (κ3) is 1.75. The van der Waals surface area contributed by atoms with Crippen molar-refractivity contribution in [3.05, 3.63) is 0 Å². The van der Waals surface area contributed by atoms with E-state index in [0.29, 0.717) is 23.7 Å². The van der Waals surface area contributed by atoms with Crippen LogP contribution in [0.15, 0.2) is 0 Å². The fourth-order valence-electron chi connectivity index (χ4n) is 3.51. The Morgan fingerprint density at radius 1 is 1.19 bits per heavy atom. The number of amides is 1. The molecule has 1 amide bonds. The smallest absolute Gasteiger partial charge is 0.222 e. The van der Waals surface area contributed by atoms with E-state index in [9.17, 15) is 9.90 Å². The molecule has 2 saturated carbocycles. The van der Waals surface area contributed by atoms with Crippen molar-refractivity contribution in [3.63, 3.8) is 0 Å². The first-order chi connectivity index (χ1) is 7.74. The molecule has 1 aliphatic heterocycles. The molecule has 3 unspecified atom stereocenters. The van der Waals surface area contributed by atoms with Crippen molar-refractivity contribution in [2.45, 2.75) is 44.6 Å². The Labute approximate surface area is 96.8 Å². The molecule has 0 bridgehead atoms. The average molecular weight is 223 g/mol. The van der Waals surface area contributed by atoms with Crippen molar-refractivity contribution in [3.8, 4) is 0 Å². The number of carbonyl (C=O) groups excluding carboxylic acids is 1. The number of rotatable bonds is 2. The van der Waals surface area contributed by atoms with Gasteiger partial charge in [0.05, 0.1) is 6.10 Å². The van der Waals surface area contributed by atoms with E-state index in [2.05, 4.69) is 0 Å². The van der Waals surface area contributed by atoms with Crippen LogP contribution in [0.2, 0.25) is 0 Å². The first-order valence-corrected chi connectivity index (χ1v) is 6.70. The molecule has 3 heteroatoms. The van der Waals surface area contributed by atoms with Crippen molar-refractivity contribution in [1.29, 1.82) is 0 Å². The van der Waals surface area contributed by atoms with Gasteiger partial charge in [0.25, 0.3) is 0 Å². The number of likely N-dealkylation sites (tertiary alicyclic amines) is 1. The molecule has 3 aliphatic rings. The number of aliphatic hydroxyl groups is 1. The first kappa shape index (κ1) is 10.6. The Bertz CT molecular complexity index is 288. The maximum absolute atomic E-state index is 12.0. The van der Waals surface area contributed by atoms with Gasteiger partial charge in [-0.25, -0.2) is 0 Å². The second kappa shape index (κ2) is 4.02. The fraction of sp³-hybridized carbons (Fsp3) is 0.923. The Morgan fingerprint density at radius 2 is 2.00 bits per heavy atom. The molecule has 0 aromatic heterocycles. The lowest BCUT2D eigenvalue weighted by molar-refractivity contribution is -0.132. The average Bonchev–Trinajstić information content (AvgIpc) is 2.75. The highest BCUT2D eigenvalue weighted by molar-refractivity contribution is 5.77. The van der Waals surface area contributed by atoms with Crippen molar-refractivity contribution in [1.82, 2.24) is 4.90 Å². The lowest BCUT2D eigenvalue weighted by atomic mass is 9.83. The van der Waals surface area contributed by atoms with Crippen LogP contribution in [0.1, 0.15) is 38.5 Å². The molecule has 1 saturated heterocycles. The Hall–Kier alpha value is -0.570. The number of carbonyl (C=O) groups is 1. The summed E-state index contributed by atoms with van der Waals surface area (Å²) in [6.45, 7) is 1.73. The number of fused-ring (bicyclic) bond motifs is 1. The third-order valence-electron chi connectivity index (χ3n) is 4.86. The molecule has 3 atom stereocenters. The zero-order valence-electron chi connectivity index (χ0n) is 9.77. The quantitative estimate of drug-likeness (QED) is 0.769. The van der Waals surface area contributed by atoms with Crippen LogP contribution in [0.25, 0.3) is 0 Å². The first-order valence-electron chi connectivity index (χ1n) is 6.70. The molecule has 1 heterocycles. The Kier molecular flexibility index (Phi) is 2.66. The third-order valence-corrected chi connectivity index (χ3v) is 4.86. The van der Waals surface area contributed by atoms with Gasteiger partial charge in [0.15, 0.2) is 0 Å². The molecular formula is C13H21NO2. The summed E-state index contributed by atoms with van der Waals surface area (Å²) in [6.07, 6.45) is 6.46. The van der Waals surface area contributed by atoms with Crippen molar-refractivity contribution in [2.75, 3.05) is 13.1 Å². The molecule has 90 valence electrons. The molecule has 3 rings (SSSR count). The predicted molar refractivity (Wildman–Crippen MR) is 60.8 cm³/mol. The standard InChI is InChI=1S/C13H21NO2/c15-12-5-4-10-7-14(8-11(10)12)13(16)6-9-2-1-3-9/h9-12,15H,1-8H2. The lowest BCUT2D eigenvalue weighted by Gasteiger charge is -2.27. The van der Waals surface area contributed by atoms with Gasteiger partial charge in [-0.15, -0.1) is 0 Å². The van der Waals surface area contributed by atoms with Crippen molar-refractivity contribution >= 4 is 5.91 Å². The van der Waals surface area contributed by atoms with Crippen LogP contribution in [0.4, 0.5) is 0 Å². The monoisotopic (exact) mass is 223 g/mol. The van der Waals surface area contributed by atoms with Gasteiger partial charge in [-0.05, 0) is 37.5 Å². The molecule has 0 spiro atoms. The number of nitrogens with zero attached hydrogens (tertiary/aromatic N) is 1. The molecule has 16 heavy (non-hydrogen) atoms. The lowest BCUT2D eigenvalue weighted by Crippen LogP contribution is -2.33. The van der Waals surface area contributed by atoms with Gasteiger partial charge >= 0.3 is 0 Å². The van der Waals surface area contributed by atoms with E-state index in [4.69, 9.17) is 0 Å². The summed E-state index contributed by atoms with van der Waals surface area (Å²) in [6, 6.07) is 0. The van der Waals surface area contributed by atoms with Gasteiger partial charge in [0.2, 0.25) is 5.91 Å². The van der Waals surface area contributed by atoms with E-state index < -0.39 is 0 Å². The minimum Gasteiger partial charge on any atom is -0.393 e. The van der Waals surface area contributed by atoms with Crippen molar-refractivity contribution in [2.24, 2.45) is 17.8 Å². The fourth-order valence-corrected chi connectivity index (χ4v) is 3.51. The van der Waals surface area contributed by atoms with Crippen LogP contribution in [-0.4, -0.2) is 35.1 Å². The van der Waals surface area contributed by atoms with Crippen molar-refractivity contribution < 1.29 is 9.90 Å². The van der Waals surface area contributed by atoms with E-state index in [1.54, 1.807) is 0 Å². The number of aliphatic hydroxyl groups excluding tert-OH is 1. The minimum atomic E-state index is -0.147. The Morgan fingerprint density at radius 3 is 2.62 bits per heavy atom. The number of hydrogen-bond acceptors (Lipinski definition) is 2. The van der Waals surface area contributed by atoms with Crippen LogP contribution in [0.3, 0.4) is 0 Å². The second-order valence-electron chi connectivity index (χ2n) is 5.87. The molecule has 2 aliphatic carbocycles. The second-order valence-corrected chi connectivity index (χ2v) is 5.87. The van der Waals surface area contributed by atoms with Crippen LogP contribution in [0, 0.1) is 17.8 Å². The molecule has 1 N–H and O–H groups in total. The Balaban J connectivity index is 1.54. The molecule has 0 aromatic rings. The van der Waals surface area contributed by atoms with Gasteiger partial charge in [-0.3, -0.25) is 4.79 Å². The van der Waals surface area contributed by atoms with Gasteiger partial charge in [-0.1, -0.05) is 6.42 Å². The zero-order chi connectivity index (χ0) is 11.1. The van der Waals surface area contributed by atoms with Gasteiger partial charge in [0, 0.05) is 25.4 Å². The largest absolute Gasteiger partial charge is 0.393 e. The van der Waals surface area contributed by atoms with Crippen LogP contribution < -0.4 is 0 Å².